The second-order valence-electron chi connectivity index (χ2n) is 4.74. The Bertz CT molecular complexity index is 399. The lowest BCUT2D eigenvalue weighted by Crippen LogP contribution is -2.22. The van der Waals surface area contributed by atoms with Crippen LogP contribution in [0.1, 0.15) is 16.8 Å². The Hall–Kier alpha value is -1.23. The first-order valence-corrected chi connectivity index (χ1v) is 7.31. The first kappa shape index (κ1) is 13.2. The Labute approximate surface area is 112 Å². The van der Waals surface area contributed by atoms with E-state index in [0.717, 1.165) is 18.3 Å². The van der Waals surface area contributed by atoms with Gasteiger partial charge in [-0.2, -0.15) is 11.8 Å². The zero-order chi connectivity index (χ0) is 13.0. The van der Waals surface area contributed by atoms with Gasteiger partial charge in [-0.1, -0.05) is 0 Å². The SMILES string of the molecule is CN(C)C(=O)c1ccc(NCC2CCSC2)nc1. The summed E-state index contributed by atoms with van der Waals surface area (Å²) in [5, 5.41) is 3.33. The van der Waals surface area contributed by atoms with E-state index in [1.807, 2.05) is 23.9 Å². The molecule has 1 saturated heterocycles. The number of thioether (sulfide) groups is 1. The Kier molecular flexibility index (Phi) is 4.47. The molecule has 0 aliphatic carbocycles. The minimum absolute atomic E-state index is 0.0127. The van der Waals surface area contributed by atoms with Crippen molar-refractivity contribution in [1.82, 2.24) is 9.88 Å². The number of aromatic nitrogens is 1. The minimum atomic E-state index is -0.0127. The van der Waals surface area contributed by atoms with Crippen LogP contribution in [0.3, 0.4) is 0 Å². The summed E-state index contributed by atoms with van der Waals surface area (Å²) in [6.07, 6.45) is 2.92. The predicted octanol–water partition coefficient (Wildman–Crippen LogP) is 1.95. The molecule has 1 aromatic rings. The van der Waals surface area contributed by atoms with E-state index in [2.05, 4.69) is 10.3 Å². The summed E-state index contributed by atoms with van der Waals surface area (Å²) in [7, 11) is 3.48. The molecule has 0 aromatic carbocycles. The average Bonchev–Trinajstić information content (AvgIpc) is 2.89. The van der Waals surface area contributed by atoms with Gasteiger partial charge in [-0.3, -0.25) is 4.79 Å². The van der Waals surface area contributed by atoms with Crippen LogP contribution >= 0.6 is 11.8 Å². The average molecular weight is 265 g/mol. The van der Waals surface area contributed by atoms with Gasteiger partial charge in [-0.25, -0.2) is 4.98 Å². The number of rotatable bonds is 4. The maximum atomic E-state index is 11.7. The molecule has 1 aliphatic rings. The number of nitrogens with one attached hydrogen (secondary N) is 1. The molecule has 1 N–H and O–H groups in total. The molecule has 2 rings (SSSR count). The van der Waals surface area contributed by atoms with Crippen LogP contribution in [0.4, 0.5) is 5.82 Å². The summed E-state index contributed by atoms with van der Waals surface area (Å²) in [6.45, 7) is 0.973. The molecule has 0 saturated carbocycles. The van der Waals surface area contributed by atoms with Crippen LogP contribution in [0.25, 0.3) is 0 Å². The molecule has 1 aliphatic heterocycles. The zero-order valence-electron chi connectivity index (χ0n) is 10.8. The summed E-state index contributed by atoms with van der Waals surface area (Å²) in [4.78, 5) is 17.5. The van der Waals surface area contributed by atoms with Crippen LogP contribution in [0.5, 0.6) is 0 Å². The third-order valence-electron chi connectivity index (χ3n) is 3.01. The van der Waals surface area contributed by atoms with Crippen LogP contribution in [0.15, 0.2) is 18.3 Å². The van der Waals surface area contributed by atoms with Crippen molar-refractivity contribution >= 4 is 23.5 Å². The van der Waals surface area contributed by atoms with Crippen molar-refractivity contribution in [3.63, 3.8) is 0 Å². The van der Waals surface area contributed by atoms with E-state index in [0.29, 0.717) is 5.56 Å². The first-order valence-electron chi connectivity index (χ1n) is 6.16. The molecule has 1 unspecified atom stereocenters. The van der Waals surface area contributed by atoms with Crippen LogP contribution in [-0.2, 0) is 0 Å². The number of carbonyl (C=O) groups excluding carboxylic acids is 1. The fourth-order valence-corrected chi connectivity index (χ4v) is 3.16. The standard InChI is InChI=1S/C13H19N3OS/c1-16(2)13(17)11-3-4-12(15-8-11)14-7-10-5-6-18-9-10/h3-4,8,10H,5-7,9H2,1-2H3,(H,14,15). The summed E-state index contributed by atoms with van der Waals surface area (Å²) in [6, 6.07) is 3.69. The van der Waals surface area contributed by atoms with Crippen LogP contribution in [-0.4, -0.2) is 47.9 Å². The van der Waals surface area contributed by atoms with Crippen LogP contribution in [0.2, 0.25) is 0 Å². The van der Waals surface area contributed by atoms with E-state index >= 15 is 0 Å². The van der Waals surface area contributed by atoms with E-state index in [1.165, 1.54) is 17.9 Å². The van der Waals surface area contributed by atoms with Gasteiger partial charge in [0.1, 0.15) is 5.82 Å². The molecule has 0 bridgehead atoms. The molecule has 1 aromatic heterocycles. The van der Waals surface area contributed by atoms with Gasteiger partial charge in [0.25, 0.3) is 5.91 Å². The molecule has 4 nitrogen and oxygen atoms in total. The molecular weight excluding hydrogens is 246 g/mol. The van der Waals surface area contributed by atoms with Gasteiger partial charge in [0.05, 0.1) is 5.56 Å². The summed E-state index contributed by atoms with van der Waals surface area (Å²) < 4.78 is 0. The normalized spacial score (nSPS) is 18.7. The zero-order valence-corrected chi connectivity index (χ0v) is 11.7. The molecule has 0 radical (unpaired) electrons. The highest BCUT2D eigenvalue weighted by Crippen LogP contribution is 2.23. The van der Waals surface area contributed by atoms with Crippen molar-refractivity contribution in [2.45, 2.75) is 6.42 Å². The number of hydrogen-bond donors (Lipinski definition) is 1. The van der Waals surface area contributed by atoms with E-state index in [9.17, 15) is 4.79 Å². The maximum absolute atomic E-state index is 11.7. The number of carbonyl (C=O) groups is 1. The third-order valence-corrected chi connectivity index (χ3v) is 4.24. The first-order chi connectivity index (χ1) is 8.66. The molecular formula is C13H19N3OS. The second-order valence-corrected chi connectivity index (χ2v) is 5.89. The third kappa shape index (κ3) is 3.38. The van der Waals surface area contributed by atoms with Crippen molar-refractivity contribution in [3.05, 3.63) is 23.9 Å². The highest BCUT2D eigenvalue weighted by atomic mass is 32.2. The molecule has 1 atom stereocenters. The van der Waals surface area contributed by atoms with Gasteiger partial charge in [-0.15, -0.1) is 0 Å². The quantitative estimate of drug-likeness (QED) is 0.904. The molecule has 1 fully saturated rings. The van der Waals surface area contributed by atoms with Crippen molar-refractivity contribution in [1.29, 1.82) is 0 Å². The van der Waals surface area contributed by atoms with Crippen LogP contribution in [0, 0.1) is 5.92 Å². The summed E-state index contributed by atoms with van der Waals surface area (Å²) in [5.74, 6) is 4.10. The number of pyridine rings is 1. The van der Waals surface area contributed by atoms with Crippen LogP contribution < -0.4 is 5.32 Å². The minimum Gasteiger partial charge on any atom is -0.370 e. The number of amides is 1. The lowest BCUT2D eigenvalue weighted by atomic mass is 10.1. The lowest BCUT2D eigenvalue weighted by Gasteiger charge is -2.12. The monoisotopic (exact) mass is 265 g/mol. The highest BCUT2D eigenvalue weighted by Gasteiger charge is 2.15. The van der Waals surface area contributed by atoms with E-state index in [4.69, 9.17) is 0 Å². The number of hydrogen-bond acceptors (Lipinski definition) is 4. The Balaban J connectivity index is 1.89. The van der Waals surface area contributed by atoms with E-state index < -0.39 is 0 Å². The highest BCUT2D eigenvalue weighted by molar-refractivity contribution is 7.99. The van der Waals surface area contributed by atoms with Crippen molar-refractivity contribution in [3.8, 4) is 0 Å². The lowest BCUT2D eigenvalue weighted by molar-refractivity contribution is 0.0827. The maximum Gasteiger partial charge on any atom is 0.254 e. The fourth-order valence-electron chi connectivity index (χ4n) is 1.88. The molecule has 2 heterocycles. The van der Waals surface area contributed by atoms with Gasteiger partial charge in [0, 0.05) is 26.8 Å². The van der Waals surface area contributed by atoms with Gasteiger partial charge >= 0.3 is 0 Å². The predicted molar refractivity (Wildman–Crippen MR) is 76.2 cm³/mol. The topological polar surface area (TPSA) is 45.2 Å². The Morgan fingerprint density at radius 1 is 1.56 bits per heavy atom. The van der Waals surface area contributed by atoms with Gasteiger partial charge < -0.3 is 10.2 Å². The van der Waals surface area contributed by atoms with Gasteiger partial charge in [-0.05, 0) is 36.0 Å². The van der Waals surface area contributed by atoms with Crippen molar-refractivity contribution < 1.29 is 4.79 Å². The smallest absolute Gasteiger partial charge is 0.254 e. The number of nitrogens with zero attached hydrogens (tertiary/aromatic N) is 2. The van der Waals surface area contributed by atoms with Gasteiger partial charge in [0.15, 0.2) is 0 Å². The Morgan fingerprint density at radius 2 is 2.39 bits per heavy atom. The Morgan fingerprint density at radius 3 is 2.94 bits per heavy atom. The molecule has 0 spiro atoms. The molecule has 5 heteroatoms. The molecule has 18 heavy (non-hydrogen) atoms. The molecule has 98 valence electrons. The van der Waals surface area contributed by atoms with E-state index in [1.54, 1.807) is 25.2 Å². The second kappa shape index (κ2) is 6.09. The molecule has 1 amide bonds. The summed E-state index contributed by atoms with van der Waals surface area (Å²) >= 11 is 2.02. The van der Waals surface area contributed by atoms with Crippen molar-refractivity contribution in [2.75, 3.05) is 37.5 Å². The van der Waals surface area contributed by atoms with E-state index in [-0.39, 0.29) is 5.91 Å². The van der Waals surface area contributed by atoms with Gasteiger partial charge in [0.2, 0.25) is 0 Å². The summed E-state index contributed by atoms with van der Waals surface area (Å²) in [5.41, 5.74) is 0.627. The number of anilines is 1. The van der Waals surface area contributed by atoms with Crippen molar-refractivity contribution in [2.24, 2.45) is 5.92 Å². The fraction of sp³-hybridized carbons (Fsp3) is 0.538. The largest absolute Gasteiger partial charge is 0.370 e.